The van der Waals surface area contributed by atoms with Gasteiger partial charge < -0.3 is 15.4 Å². The molecule has 1 aromatic carbocycles. The molecule has 2 amide bonds. The fourth-order valence-corrected chi connectivity index (χ4v) is 4.48. The molecule has 6 nitrogen and oxygen atoms in total. The summed E-state index contributed by atoms with van der Waals surface area (Å²) in [5.41, 5.74) is 0.979. The van der Waals surface area contributed by atoms with Gasteiger partial charge in [-0.3, -0.25) is 0 Å². The number of nitrogens with one attached hydrogen (secondary N) is 2. The van der Waals surface area contributed by atoms with Gasteiger partial charge in [0, 0.05) is 6.54 Å². The molecule has 1 heterocycles. The second-order valence-electron chi connectivity index (χ2n) is 5.85. The van der Waals surface area contributed by atoms with Gasteiger partial charge in [0.25, 0.3) is 0 Å². The highest BCUT2D eigenvalue weighted by Crippen LogP contribution is 2.18. The van der Waals surface area contributed by atoms with Crippen LogP contribution in [0.25, 0.3) is 0 Å². The van der Waals surface area contributed by atoms with E-state index in [0.29, 0.717) is 19.6 Å². The van der Waals surface area contributed by atoms with Gasteiger partial charge in [-0.05, 0) is 43.9 Å². The first-order valence-electron chi connectivity index (χ1n) is 7.87. The Morgan fingerprint density at radius 2 is 2.04 bits per heavy atom. The van der Waals surface area contributed by atoms with Crippen LogP contribution >= 0.6 is 0 Å². The molecule has 23 heavy (non-hydrogen) atoms. The van der Waals surface area contributed by atoms with E-state index in [4.69, 9.17) is 4.74 Å². The highest BCUT2D eigenvalue weighted by Gasteiger charge is 2.27. The third-order valence-corrected chi connectivity index (χ3v) is 5.75. The summed E-state index contributed by atoms with van der Waals surface area (Å²) >= 11 is 0. The molecule has 0 aromatic heterocycles. The van der Waals surface area contributed by atoms with Crippen LogP contribution in [0, 0.1) is 5.92 Å². The molecule has 0 aliphatic carbocycles. The Bertz CT molecular complexity index is 628. The molecule has 128 valence electrons. The van der Waals surface area contributed by atoms with Crippen molar-refractivity contribution in [1.29, 1.82) is 0 Å². The monoisotopic (exact) mass is 340 g/mol. The van der Waals surface area contributed by atoms with Crippen molar-refractivity contribution < 1.29 is 17.9 Å². The molecule has 1 aliphatic rings. The van der Waals surface area contributed by atoms with Gasteiger partial charge in [-0.15, -0.1) is 0 Å². The van der Waals surface area contributed by atoms with E-state index in [-0.39, 0.29) is 29.5 Å². The summed E-state index contributed by atoms with van der Waals surface area (Å²) in [5.74, 6) is 1.22. The van der Waals surface area contributed by atoms with Gasteiger partial charge in [0.2, 0.25) is 0 Å². The van der Waals surface area contributed by atoms with Crippen molar-refractivity contribution in [3.63, 3.8) is 0 Å². The number of urea groups is 1. The Balaban J connectivity index is 1.78. The predicted molar refractivity (Wildman–Crippen MR) is 89.3 cm³/mol. The summed E-state index contributed by atoms with van der Waals surface area (Å²) in [5, 5.41) is 5.61. The zero-order valence-electron chi connectivity index (χ0n) is 13.5. The molecule has 2 N–H and O–H groups in total. The number of rotatable bonds is 6. The van der Waals surface area contributed by atoms with Crippen LogP contribution in [0.2, 0.25) is 0 Å². The average molecular weight is 340 g/mol. The Morgan fingerprint density at radius 3 is 2.61 bits per heavy atom. The molecule has 1 fully saturated rings. The van der Waals surface area contributed by atoms with Gasteiger partial charge >= 0.3 is 6.03 Å². The minimum absolute atomic E-state index is 0.0199. The van der Waals surface area contributed by atoms with Gasteiger partial charge in [-0.1, -0.05) is 12.1 Å². The van der Waals surface area contributed by atoms with Crippen molar-refractivity contribution >= 4 is 15.9 Å². The number of benzene rings is 1. The van der Waals surface area contributed by atoms with Gasteiger partial charge in [0.1, 0.15) is 5.75 Å². The van der Waals surface area contributed by atoms with E-state index in [1.807, 2.05) is 38.1 Å². The van der Waals surface area contributed by atoms with Crippen LogP contribution in [-0.2, 0) is 9.84 Å². The lowest BCUT2D eigenvalue weighted by Crippen LogP contribution is -2.39. The highest BCUT2D eigenvalue weighted by atomic mass is 32.2. The van der Waals surface area contributed by atoms with Crippen LogP contribution < -0.4 is 15.4 Å². The maximum absolute atomic E-state index is 11.9. The molecule has 2 atom stereocenters. The lowest BCUT2D eigenvalue weighted by Gasteiger charge is -2.16. The molecule has 0 radical (unpaired) electrons. The number of ether oxygens (including phenoxy) is 1. The third-order valence-electron chi connectivity index (χ3n) is 3.92. The Morgan fingerprint density at radius 1 is 1.35 bits per heavy atom. The standard InChI is InChI=1S/C16H24N2O4S/c1-3-22-15-6-4-14(5-7-15)12(2)18-16(19)17-10-13-8-9-23(20,21)11-13/h4-7,12-13H,3,8-11H2,1-2H3,(H2,17,18,19)/t12-,13-/m1/s1. The van der Waals surface area contributed by atoms with E-state index in [2.05, 4.69) is 10.6 Å². The molecule has 1 aromatic rings. The zero-order chi connectivity index (χ0) is 16.9. The van der Waals surface area contributed by atoms with Crippen LogP contribution in [0.5, 0.6) is 5.75 Å². The second-order valence-corrected chi connectivity index (χ2v) is 8.08. The van der Waals surface area contributed by atoms with E-state index in [0.717, 1.165) is 11.3 Å². The lowest BCUT2D eigenvalue weighted by atomic mass is 10.1. The Kier molecular flexibility index (Phi) is 5.87. The summed E-state index contributed by atoms with van der Waals surface area (Å²) < 4.78 is 28.2. The molecular weight excluding hydrogens is 316 g/mol. The van der Waals surface area contributed by atoms with E-state index < -0.39 is 9.84 Å². The number of hydrogen-bond acceptors (Lipinski definition) is 4. The molecule has 0 unspecified atom stereocenters. The Hall–Kier alpha value is -1.76. The van der Waals surface area contributed by atoms with Crippen molar-refractivity contribution in [2.45, 2.75) is 26.3 Å². The van der Waals surface area contributed by atoms with E-state index >= 15 is 0 Å². The number of carbonyl (C=O) groups is 1. The van der Waals surface area contributed by atoms with Crippen molar-refractivity contribution in [3.8, 4) is 5.75 Å². The van der Waals surface area contributed by atoms with Crippen LogP contribution in [0.15, 0.2) is 24.3 Å². The smallest absolute Gasteiger partial charge is 0.315 e. The Labute approximate surface area is 137 Å². The van der Waals surface area contributed by atoms with Crippen LogP contribution in [0.4, 0.5) is 4.79 Å². The van der Waals surface area contributed by atoms with E-state index in [1.165, 1.54) is 0 Å². The number of amides is 2. The van der Waals surface area contributed by atoms with Crippen LogP contribution in [-0.4, -0.2) is 39.1 Å². The van der Waals surface area contributed by atoms with E-state index in [1.54, 1.807) is 0 Å². The number of carbonyl (C=O) groups excluding carboxylic acids is 1. The second kappa shape index (κ2) is 7.68. The molecule has 0 spiro atoms. The van der Waals surface area contributed by atoms with Crippen molar-refractivity contribution in [3.05, 3.63) is 29.8 Å². The molecule has 0 saturated carbocycles. The molecular formula is C16H24N2O4S. The summed E-state index contributed by atoms with van der Waals surface area (Å²) in [4.78, 5) is 11.9. The van der Waals surface area contributed by atoms with Crippen LogP contribution in [0.3, 0.4) is 0 Å². The maximum atomic E-state index is 11.9. The minimum Gasteiger partial charge on any atom is -0.494 e. The first-order valence-corrected chi connectivity index (χ1v) is 9.69. The first kappa shape index (κ1) is 17.6. The quantitative estimate of drug-likeness (QED) is 0.828. The number of hydrogen-bond donors (Lipinski definition) is 2. The lowest BCUT2D eigenvalue weighted by molar-refractivity contribution is 0.236. The minimum atomic E-state index is -2.90. The predicted octanol–water partition coefficient (Wildman–Crippen LogP) is 1.88. The average Bonchev–Trinajstić information content (AvgIpc) is 2.85. The molecule has 1 saturated heterocycles. The fourth-order valence-electron chi connectivity index (χ4n) is 2.62. The molecule has 1 aliphatic heterocycles. The van der Waals surface area contributed by atoms with Crippen molar-refractivity contribution in [2.75, 3.05) is 24.7 Å². The zero-order valence-corrected chi connectivity index (χ0v) is 14.4. The molecule has 0 bridgehead atoms. The maximum Gasteiger partial charge on any atom is 0.315 e. The van der Waals surface area contributed by atoms with Gasteiger partial charge in [-0.2, -0.15) is 0 Å². The van der Waals surface area contributed by atoms with E-state index in [9.17, 15) is 13.2 Å². The topological polar surface area (TPSA) is 84.5 Å². The summed E-state index contributed by atoms with van der Waals surface area (Å²) in [6.45, 7) is 4.83. The third kappa shape index (κ3) is 5.42. The van der Waals surface area contributed by atoms with Gasteiger partial charge in [0.05, 0.1) is 24.2 Å². The molecule has 7 heteroatoms. The fraction of sp³-hybridized carbons (Fsp3) is 0.562. The largest absolute Gasteiger partial charge is 0.494 e. The van der Waals surface area contributed by atoms with Crippen LogP contribution in [0.1, 0.15) is 31.9 Å². The van der Waals surface area contributed by atoms with Crippen molar-refractivity contribution in [2.24, 2.45) is 5.92 Å². The molecule has 2 rings (SSSR count). The SMILES string of the molecule is CCOc1ccc([C@@H](C)NC(=O)NC[C@H]2CCS(=O)(=O)C2)cc1. The highest BCUT2D eigenvalue weighted by molar-refractivity contribution is 7.91. The normalized spacial score (nSPS) is 20.7. The van der Waals surface area contributed by atoms with Gasteiger partial charge in [0.15, 0.2) is 9.84 Å². The van der Waals surface area contributed by atoms with Gasteiger partial charge in [-0.25, -0.2) is 13.2 Å². The summed E-state index contributed by atoms with van der Waals surface area (Å²) in [6, 6.07) is 7.16. The number of sulfone groups is 1. The summed E-state index contributed by atoms with van der Waals surface area (Å²) in [6.07, 6.45) is 0.622. The first-order chi connectivity index (χ1) is 10.9. The summed E-state index contributed by atoms with van der Waals surface area (Å²) in [7, 11) is -2.90. The van der Waals surface area contributed by atoms with Crippen molar-refractivity contribution in [1.82, 2.24) is 10.6 Å².